The summed E-state index contributed by atoms with van der Waals surface area (Å²) >= 11 is 0. The van der Waals surface area contributed by atoms with Crippen molar-refractivity contribution in [1.82, 2.24) is 5.32 Å². The highest BCUT2D eigenvalue weighted by atomic mass is 16.5. The van der Waals surface area contributed by atoms with Gasteiger partial charge in [-0.2, -0.15) is 0 Å². The van der Waals surface area contributed by atoms with Gasteiger partial charge in [-0.1, -0.05) is 0 Å². The van der Waals surface area contributed by atoms with Crippen LogP contribution >= 0.6 is 0 Å². The van der Waals surface area contributed by atoms with Gasteiger partial charge in [-0.15, -0.1) is 0 Å². The fourth-order valence-corrected chi connectivity index (χ4v) is 2.36. The van der Waals surface area contributed by atoms with E-state index >= 15 is 0 Å². The SMILES string of the molecule is COc1ccc(N2C[C@H](C(=O)NC(C)(C)C(=O)O)CC2=O)cc1. The lowest BCUT2D eigenvalue weighted by atomic mass is 10.0. The summed E-state index contributed by atoms with van der Waals surface area (Å²) in [6.07, 6.45) is 0.0631. The Hall–Kier alpha value is -2.57. The van der Waals surface area contributed by atoms with Crippen molar-refractivity contribution in [3.05, 3.63) is 24.3 Å². The summed E-state index contributed by atoms with van der Waals surface area (Å²) in [6.45, 7) is 3.04. The number of anilines is 1. The number of nitrogens with one attached hydrogen (secondary N) is 1. The summed E-state index contributed by atoms with van der Waals surface area (Å²) in [6, 6.07) is 6.98. The number of rotatable bonds is 5. The van der Waals surface area contributed by atoms with Crippen LogP contribution in [0.4, 0.5) is 5.69 Å². The lowest BCUT2D eigenvalue weighted by molar-refractivity contribution is -0.146. The second-order valence-corrected chi connectivity index (χ2v) is 6.02. The average molecular weight is 320 g/mol. The molecule has 0 unspecified atom stereocenters. The fraction of sp³-hybridized carbons (Fsp3) is 0.438. The maximum absolute atomic E-state index is 12.2. The normalized spacial score (nSPS) is 18.0. The van der Waals surface area contributed by atoms with Crippen LogP contribution in [-0.2, 0) is 14.4 Å². The number of nitrogens with zero attached hydrogens (tertiary/aromatic N) is 1. The van der Waals surface area contributed by atoms with Gasteiger partial charge < -0.3 is 20.1 Å². The number of aliphatic carboxylic acids is 1. The van der Waals surface area contributed by atoms with Crippen molar-refractivity contribution in [2.45, 2.75) is 25.8 Å². The molecule has 2 amide bonds. The van der Waals surface area contributed by atoms with Gasteiger partial charge in [0.25, 0.3) is 0 Å². The zero-order chi connectivity index (χ0) is 17.2. The molecule has 2 rings (SSSR count). The van der Waals surface area contributed by atoms with Gasteiger partial charge >= 0.3 is 5.97 Å². The fourth-order valence-electron chi connectivity index (χ4n) is 2.36. The molecule has 2 N–H and O–H groups in total. The van der Waals surface area contributed by atoms with Crippen LogP contribution in [0.5, 0.6) is 5.75 Å². The number of amides is 2. The zero-order valence-electron chi connectivity index (χ0n) is 13.3. The number of hydrogen-bond acceptors (Lipinski definition) is 4. The smallest absolute Gasteiger partial charge is 0.328 e. The zero-order valence-corrected chi connectivity index (χ0v) is 13.3. The monoisotopic (exact) mass is 320 g/mol. The maximum atomic E-state index is 12.2. The first-order chi connectivity index (χ1) is 10.7. The largest absolute Gasteiger partial charge is 0.497 e. The molecule has 7 heteroatoms. The Labute approximate surface area is 134 Å². The summed E-state index contributed by atoms with van der Waals surface area (Å²) in [5.74, 6) is -1.60. The van der Waals surface area contributed by atoms with Gasteiger partial charge in [-0.3, -0.25) is 9.59 Å². The first kappa shape index (κ1) is 16.8. The van der Waals surface area contributed by atoms with Crippen molar-refractivity contribution in [3.63, 3.8) is 0 Å². The van der Waals surface area contributed by atoms with Crippen LogP contribution in [0.15, 0.2) is 24.3 Å². The second-order valence-electron chi connectivity index (χ2n) is 6.02. The Kier molecular flexibility index (Phi) is 4.58. The molecular weight excluding hydrogens is 300 g/mol. The second kappa shape index (κ2) is 6.28. The lowest BCUT2D eigenvalue weighted by Crippen LogP contribution is -2.51. The minimum atomic E-state index is -1.37. The number of ether oxygens (including phenoxy) is 1. The summed E-state index contributed by atoms with van der Waals surface area (Å²) < 4.78 is 5.07. The Balaban J connectivity index is 2.07. The first-order valence-electron chi connectivity index (χ1n) is 7.24. The molecule has 1 fully saturated rings. The van der Waals surface area contributed by atoms with E-state index in [1.165, 1.54) is 18.7 Å². The molecule has 1 heterocycles. The lowest BCUT2D eigenvalue weighted by Gasteiger charge is -2.23. The van der Waals surface area contributed by atoms with Crippen molar-refractivity contribution < 1.29 is 24.2 Å². The minimum Gasteiger partial charge on any atom is -0.497 e. The molecule has 124 valence electrons. The highest BCUT2D eigenvalue weighted by molar-refractivity contribution is 6.01. The quantitative estimate of drug-likeness (QED) is 0.844. The number of benzene rings is 1. The van der Waals surface area contributed by atoms with Gasteiger partial charge in [0.15, 0.2) is 0 Å². The van der Waals surface area contributed by atoms with Gasteiger partial charge in [0.2, 0.25) is 11.8 Å². The molecule has 0 saturated carbocycles. The Morgan fingerprint density at radius 2 is 1.91 bits per heavy atom. The van der Waals surface area contributed by atoms with Crippen molar-refractivity contribution in [2.75, 3.05) is 18.6 Å². The van der Waals surface area contributed by atoms with E-state index in [9.17, 15) is 14.4 Å². The van der Waals surface area contributed by atoms with Crippen molar-refractivity contribution in [2.24, 2.45) is 5.92 Å². The molecule has 0 aromatic heterocycles. The van der Waals surface area contributed by atoms with Gasteiger partial charge in [-0.05, 0) is 38.1 Å². The molecule has 1 saturated heterocycles. The highest BCUT2D eigenvalue weighted by Crippen LogP contribution is 2.27. The molecule has 1 aliphatic heterocycles. The summed E-state index contributed by atoms with van der Waals surface area (Å²) in [7, 11) is 1.56. The molecule has 1 aliphatic rings. The molecule has 1 aromatic carbocycles. The summed E-state index contributed by atoms with van der Waals surface area (Å²) in [5.41, 5.74) is -0.684. The topological polar surface area (TPSA) is 95.9 Å². The third-order valence-corrected chi connectivity index (χ3v) is 3.85. The Morgan fingerprint density at radius 3 is 2.43 bits per heavy atom. The van der Waals surface area contributed by atoms with Crippen LogP contribution in [0.2, 0.25) is 0 Å². The minimum absolute atomic E-state index is 0.0631. The molecule has 23 heavy (non-hydrogen) atoms. The third kappa shape index (κ3) is 3.61. The molecule has 7 nitrogen and oxygen atoms in total. The van der Waals surface area contributed by atoms with Gasteiger partial charge in [0.05, 0.1) is 13.0 Å². The van der Waals surface area contributed by atoms with E-state index < -0.39 is 23.3 Å². The molecular formula is C16H20N2O5. The van der Waals surface area contributed by atoms with Gasteiger partial charge in [0, 0.05) is 18.7 Å². The first-order valence-corrected chi connectivity index (χ1v) is 7.24. The van der Waals surface area contributed by atoms with E-state index in [1.807, 2.05) is 0 Å². The van der Waals surface area contributed by atoms with Crippen LogP contribution in [0.3, 0.4) is 0 Å². The molecule has 1 atom stereocenters. The van der Waals surface area contributed by atoms with Crippen LogP contribution < -0.4 is 15.0 Å². The van der Waals surface area contributed by atoms with Crippen LogP contribution in [0.1, 0.15) is 20.3 Å². The molecule has 0 spiro atoms. The number of carboxylic acid groups (broad SMARTS) is 1. The number of carbonyl (C=O) groups excluding carboxylic acids is 2. The summed E-state index contributed by atoms with van der Waals surface area (Å²) in [4.78, 5) is 37.0. The number of methoxy groups -OCH3 is 1. The van der Waals surface area contributed by atoms with E-state index in [4.69, 9.17) is 9.84 Å². The van der Waals surface area contributed by atoms with Crippen molar-refractivity contribution >= 4 is 23.5 Å². The molecule has 1 aromatic rings. The molecule has 0 aliphatic carbocycles. The number of hydrogen-bond donors (Lipinski definition) is 2. The number of carbonyl (C=O) groups is 3. The van der Waals surface area contributed by atoms with E-state index in [0.717, 1.165) is 0 Å². The molecule has 0 bridgehead atoms. The average Bonchev–Trinajstić information content (AvgIpc) is 2.89. The maximum Gasteiger partial charge on any atom is 0.328 e. The van der Waals surface area contributed by atoms with Crippen LogP contribution in [-0.4, -0.2) is 42.1 Å². The predicted molar refractivity (Wildman–Crippen MR) is 83.3 cm³/mol. The predicted octanol–water partition coefficient (Wildman–Crippen LogP) is 1.03. The van der Waals surface area contributed by atoms with E-state index in [1.54, 1.807) is 31.4 Å². The van der Waals surface area contributed by atoms with E-state index in [-0.39, 0.29) is 18.9 Å². The van der Waals surface area contributed by atoms with Crippen LogP contribution in [0, 0.1) is 5.92 Å². The van der Waals surface area contributed by atoms with E-state index in [2.05, 4.69) is 5.32 Å². The van der Waals surface area contributed by atoms with E-state index in [0.29, 0.717) is 11.4 Å². The standard InChI is InChI=1S/C16H20N2O5/c1-16(2,15(21)22)17-14(20)10-8-13(19)18(9-10)11-4-6-12(23-3)7-5-11/h4-7,10H,8-9H2,1-3H3,(H,17,20)(H,21,22)/t10-/m1/s1. The Bertz CT molecular complexity index is 624. The van der Waals surface area contributed by atoms with Crippen molar-refractivity contribution in [3.8, 4) is 5.75 Å². The third-order valence-electron chi connectivity index (χ3n) is 3.85. The van der Waals surface area contributed by atoms with Crippen LogP contribution in [0.25, 0.3) is 0 Å². The Morgan fingerprint density at radius 1 is 1.30 bits per heavy atom. The van der Waals surface area contributed by atoms with Crippen molar-refractivity contribution in [1.29, 1.82) is 0 Å². The van der Waals surface area contributed by atoms with Gasteiger partial charge in [-0.25, -0.2) is 4.79 Å². The summed E-state index contributed by atoms with van der Waals surface area (Å²) in [5, 5.41) is 11.5. The number of carboxylic acids is 1. The molecule has 0 radical (unpaired) electrons. The highest BCUT2D eigenvalue weighted by Gasteiger charge is 2.38. The van der Waals surface area contributed by atoms with Gasteiger partial charge in [0.1, 0.15) is 11.3 Å².